The minimum absolute atomic E-state index is 0.688. The first kappa shape index (κ1) is 10.6. The molecule has 0 unspecified atom stereocenters. The highest BCUT2D eigenvalue weighted by Gasteiger charge is 2.24. The molecule has 3 aromatic rings. The highest BCUT2D eigenvalue weighted by Crippen LogP contribution is 2.39. The Morgan fingerprint density at radius 1 is 1.11 bits per heavy atom. The van der Waals surface area contributed by atoms with Crippen LogP contribution in [-0.2, 0) is 0 Å². The standard InChI is InChI=1S/C16H15N3/c1-2-14(11-4-5-11)19-16(3-1)18-13-7-6-12-8-9-17-15(12)10-13/h1-3,6-11,17H,4-5H2,(H,18,19). The SMILES string of the molecule is c1cc(Nc2ccc3cc[nH]c3c2)nc(C2CC2)c1. The van der Waals surface area contributed by atoms with Gasteiger partial charge in [0.05, 0.1) is 0 Å². The third kappa shape index (κ3) is 2.08. The minimum Gasteiger partial charge on any atom is -0.361 e. The van der Waals surface area contributed by atoms with E-state index >= 15 is 0 Å². The zero-order valence-electron chi connectivity index (χ0n) is 10.6. The maximum absolute atomic E-state index is 4.68. The normalized spacial score (nSPS) is 14.7. The molecule has 0 spiro atoms. The third-order valence-electron chi connectivity index (χ3n) is 3.59. The first-order valence-electron chi connectivity index (χ1n) is 6.70. The van der Waals surface area contributed by atoms with Gasteiger partial charge in [-0.25, -0.2) is 4.98 Å². The van der Waals surface area contributed by atoms with Crippen LogP contribution in [0.3, 0.4) is 0 Å². The van der Waals surface area contributed by atoms with Gasteiger partial charge in [0, 0.05) is 29.0 Å². The molecule has 1 fully saturated rings. The highest BCUT2D eigenvalue weighted by atomic mass is 15.0. The van der Waals surface area contributed by atoms with E-state index in [1.807, 2.05) is 12.3 Å². The van der Waals surface area contributed by atoms with Crippen LogP contribution in [0.5, 0.6) is 0 Å². The highest BCUT2D eigenvalue weighted by molar-refractivity contribution is 5.83. The molecule has 0 bridgehead atoms. The minimum atomic E-state index is 0.688. The van der Waals surface area contributed by atoms with Crippen molar-refractivity contribution in [1.29, 1.82) is 0 Å². The van der Waals surface area contributed by atoms with Gasteiger partial charge in [0.25, 0.3) is 0 Å². The summed E-state index contributed by atoms with van der Waals surface area (Å²) in [6.45, 7) is 0. The molecule has 0 radical (unpaired) electrons. The largest absolute Gasteiger partial charge is 0.361 e. The number of nitrogens with one attached hydrogen (secondary N) is 2. The van der Waals surface area contributed by atoms with Crippen LogP contribution < -0.4 is 5.32 Å². The Kier molecular flexibility index (Phi) is 2.30. The number of aromatic nitrogens is 2. The van der Waals surface area contributed by atoms with Gasteiger partial charge in [0.15, 0.2) is 0 Å². The van der Waals surface area contributed by atoms with Crippen molar-refractivity contribution < 1.29 is 0 Å². The number of fused-ring (bicyclic) bond motifs is 1. The van der Waals surface area contributed by atoms with Crippen molar-refractivity contribution in [3.8, 4) is 0 Å². The summed E-state index contributed by atoms with van der Waals surface area (Å²) < 4.78 is 0. The van der Waals surface area contributed by atoms with Gasteiger partial charge < -0.3 is 10.3 Å². The number of H-pyrrole nitrogens is 1. The molecule has 4 rings (SSSR count). The lowest BCUT2D eigenvalue weighted by Gasteiger charge is -2.07. The van der Waals surface area contributed by atoms with Crippen molar-refractivity contribution in [2.75, 3.05) is 5.32 Å². The zero-order valence-corrected chi connectivity index (χ0v) is 10.6. The number of benzene rings is 1. The Bertz CT molecular complexity index is 725. The van der Waals surface area contributed by atoms with Gasteiger partial charge in [0.1, 0.15) is 5.82 Å². The number of rotatable bonds is 3. The Labute approximate surface area is 111 Å². The maximum atomic E-state index is 4.68. The van der Waals surface area contributed by atoms with E-state index in [-0.39, 0.29) is 0 Å². The van der Waals surface area contributed by atoms with Crippen LogP contribution in [0.25, 0.3) is 10.9 Å². The fraction of sp³-hybridized carbons (Fsp3) is 0.188. The van der Waals surface area contributed by atoms with Crippen molar-refractivity contribution in [1.82, 2.24) is 9.97 Å². The molecule has 1 aromatic carbocycles. The molecule has 0 atom stereocenters. The molecular formula is C16H15N3. The quantitative estimate of drug-likeness (QED) is 0.731. The number of hydrogen-bond donors (Lipinski definition) is 2. The van der Waals surface area contributed by atoms with Gasteiger partial charge in [-0.2, -0.15) is 0 Å². The first-order valence-corrected chi connectivity index (χ1v) is 6.70. The third-order valence-corrected chi connectivity index (χ3v) is 3.59. The monoisotopic (exact) mass is 249 g/mol. The molecule has 1 aliphatic carbocycles. The van der Waals surface area contributed by atoms with Crippen LogP contribution in [0.1, 0.15) is 24.5 Å². The van der Waals surface area contributed by atoms with Crippen LogP contribution in [0.2, 0.25) is 0 Å². The van der Waals surface area contributed by atoms with E-state index in [0.717, 1.165) is 17.0 Å². The molecule has 3 nitrogen and oxygen atoms in total. The second-order valence-electron chi connectivity index (χ2n) is 5.13. The van der Waals surface area contributed by atoms with Gasteiger partial charge in [-0.15, -0.1) is 0 Å². The average Bonchev–Trinajstić information content (AvgIpc) is 3.18. The molecule has 19 heavy (non-hydrogen) atoms. The van der Waals surface area contributed by atoms with Crippen LogP contribution in [0.4, 0.5) is 11.5 Å². The van der Waals surface area contributed by atoms with Crippen molar-refractivity contribution in [3.63, 3.8) is 0 Å². The van der Waals surface area contributed by atoms with E-state index < -0.39 is 0 Å². The van der Waals surface area contributed by atoms with E-state index in [9.17, 15) is 0 Å². The predicted octanol–water partition coefficient (Wildman–Crippen LogP) is 4.18. The maximum Gasteiger partial charge on any atom is 0.130 e. The van der Waals surface area contributed by atoms with Gasteiger partial charge in [-0.3, -0.25) is 0 Å². The van der Waals surface area contributed by atoms with Crippen molar-refractivity contribution in [2.24, 2.45) is 0 Å². The van der Waals surface area contributed by atoms with E-state index in [1.165, 1.54) is 23.9 Å². The van der Waals surface area contributed by atoms with Gasteiger partial charge in [-0.05, 0) is 48.6 Å². The first-order chi connectivity index (χ1) is 9.38. The van der Waals surface area contributed by atoms with E-state index in [1.54, 1.807) is 0 Å². The molecule has 2 aromatic heterocycles. The lowest BCUT2D eigenvalue weighted by atomic mass is 10.2. The molecular weight excluding hydrogens is 234 g/mol. The fourth-order valence-electron chi connectivity index (χ4n) is 2.40. The van der Waals surface area contributed by atoms with Crippen molar-refractivity contribution in [3.05, 3.63) is 54.4 Å². The molecule has 1 aliphatic rings. The lowest BCUT2D eigenvalue weighted by molar-refractivity contribution is 1.03. The van der Waals surface area contributed by atoms with Crippen LogP contribution in [0, 0.1) is 0 Å². The fourth-order valence-corrected chi connectivity index (χ4v) is 2.40. The summed E-state index contributed by atoms with van der Waals surface area (Å²) in [5.74, 6) is 1.61. The Hall–Kier alpha value is -2.29. The Morgan fingerprint density at radius 2 is 2.05 bits per heavy atom. The number of nitrogens with zero attached hydrogens (tertiary/aromatic N) is 1. The molecule has 0 aliphatic heterocycles. The second-order valence-corrected chi connectivity index (χ2v) is 5.13. The topological polar surface area (TPSA) is 40.7 Å². The number of anilines is 2. The lowest BCUT2D eigenvalue weighted by Crippen LogP contribution is -1.95. The summed E-state index contributed by atoms with van der Waals surface area (Å²) in [6, 6.07) is 14.6. The number of hydrogen-bond acceptors (Lipinski definition) is 2. The second kappa shape index (κ2) is 4.12. The van der Waals surface area contributed by atoms with Gasteiger partial charge >= 0.3 is 0 Å². The van der Waals surface area contributed by atoms with Crippen molar-refractivity contribution in [2.45, 2.75) is 18.8 Å². The molecule has 2 heterocycles. The molecule has 0 amide bonds. The summed E-state index contributed by atoms with van der Waals surface area (Å²) in [5.41, 5.74) is 3.42. The Morgan fingerprint density at radius 3 is 2.95 bits per heavy atom. The van der Waals surface area contributed by atoms with E-state index in [2.05, 4.69) is 51.7 Å². The van der Waals surface area contributed by atoms with E-state index in [4.69, 9.17) is 0 Å². The summed E-state index contributed by atoms with van der Waals surface area (Å²) in [4.78, 5) is 7.90. The molecule has 3 heteroatoms. The molecule has 94 valence electrons. The van der Waals surface area contributed by atoms with E-state index in [0.29, 0.717) is 5.92 Å². The van der Waals surface area contributed by atoms with Crippen LogP contribution >= 0.6 is 0 Å². The molecule has 2 N–H and O–H groups in total. The smallest absolute Gasteiger partial charge is 0.130 e. The van der Waals surface area contributed by atoms with Gasteiger partial charge in [0.2, 0.25) is 0 Å². The number of pyridine rings is 1. The summed E-state index contributed by atoms with van der Waals surface area (Å²) >= 11 is 0. The zero-order chi connectivity index (χ0) is 12.7. The average molecular weight is 249 g/mol. The summed E-state index contributed by atoms with van der Waals surface area (Å²) in [5, 5.41) is 4.60. The molecule has 0 saturated heterocycles. The predicted molar refractivity (Wildman–Crippen MR) is 77.8 cm³/mol. The van der Waals surface area contributed by atoms with Crippen LogP contribution in [0.15, 0.2) is 48.7 Å². The Balaban J connectivity index is 1.64. The summed E-state index contributed by atoms with van der Waals surface area (Å²) in [6.07, 6.45) is 4.52. The summed E-state index contributed by atoms with van der Waals surface area (Å²) in [7, 11) is 0. The molecule has 1 saturated carbocycles. The van der Waals surface area contributed by atoms with Gasteiger partial charge in [-0.1, -0.05) is 12.1 Å². The number of aromatic amines is 1. The van der Waals surface area contributed by atoms with Crippen LogP contribution in [-0.4, -0.2) is 9.97 Å². The van der Waals surface area contributed by atoms with Crippen molar-refractivity contribution >= 4 is 22.4 Å².